The van der Waals surface area contributed by atoms with Crippen LogP contribution in [0.5, 0.6) is 5.75 Å². The summed E-state index contributed by atoms with van der Waals surface area (Å²) in [6, 6.07) is 15.0. The average Bonchev–Trinajstić information content (AvgIpc) is 3.61. The predicted octanol–water partition coefficient (Wildman–Crippen LogP) is 5.11. The van der Waals surface area contributed by atoms with Gasteiger partial charge in [-0.05, 0) is 64.7 Å². The number of aromatic nitrogens is 1. The number of aliphatic carboxylic acids is 1. The standard InChI is InChI=1S/C39H44N4O8/c1-23-14-16-28-31(18-23)40-30(24-10-6-5-7-11-24)20-33(28)50-27-19-32-34(45)42-39(36(47)48)21-25(39)12-8-9-13-26(44)15-17-29(35(46)43(32)22-27)41-37(49)51-38(2,3)4/h5-8,10-12,14,16,18,20,25,27,29,32H,9,13,15,17,19,21-22H2,1-4H3,(H,41,49)(H,42,45)(H,47,48)/b12-8-/t25-,27?,29-,32-,39+/m0/s1. The maximum Gasteiger partial charge on any atom is 0.408 e. The molecule has 1 unspecified atom stereocenters. The Bertz CT molecular complexity index is 1890. The molecular formula is C39H44N4O8. The number of pyridine rings is 1. The van der Waals surface area contributed by atoms with Crippen molar-refractivity contribution in [2.75, 3.05) is 6.54 Å². The Morgan fingerprint density at radius 1 is 1.06 bits per heavy atom. The van der Waals surface area contributed by atoms with Gasteiger partial charge in [0, 0.05) is 42.2 Å². The van der Waals surface area contributed by atoms with Crippen molar-refractivity contribution in [1.29, 1.82) is 0 Å². The first-order chi connectivity index (χ1) is 24.2. The van der Waals surface area contributed by atoms with E-state index in [-0.39, 0.29) is 44.4 Å². The maximum atomic E-state index is 14.4. The summed E-state index contributed by atoms with van der Waals surface area (Å²) in [5, 5.41) is 16.3. The molecular weight excluding hydrogens is 652 g/mol. The van der Waals surface area contributed by atoms with Crippen LogP contribution in [0.15, 0.2) is 66.7 Å². The number of carbonyl (C=O) groups excluding carboxylic acids is 4. The Morgan fingerprint density at radius 2 is 1.82 bits per heavy atom. The van der Waals surface area contributed by atoms with Crippen molar-refractivity contribution in [2.24, 2.45) is 5.92 Å². The zero-order valence-electron chi connectivity index (χ0n) is 29.3. The number of ketones is 1. The van der Waals surface area contributed by atoms with Crippen molar-refractivity contribution in [1.82, 2.24) is 20.5 Å². The minimum atomic E-state index is -1.52. The minimum absolute atomic E-state index is 0.00649. The molecule has 3 amide bonds. The highest BCUT2D eigenvalue weighted by Gasteiger charge is 2.61. The van der Waals surface area contributed by atoms with E-state index in [1.807, 2.05) is 61.5 Å². The van der Waals surface area contributed by atoms with Crippen LogP contribution in [-0.4, -0.2) is 80.5 Å². The number of nitrogens with zero attached hydrogens (tertiary/aromatic N) is 2. The molecule has 0 spiro atoms. The number of ether oxygens (including phenoxy) is 2. The third-order valence-electron chi connectivity index (χ3n) is 9.54. The predicted molar refractivity (Wildman–Crippen MR) is 189 cm³/mol. The molecule has 3 aliphatic rings. The van der Waals surface area contributed by atoms with E-state index in [0.717, 1.165) is 22.0 Å². The summed E-state index contributed by atoms with van der Waals surface area (Å²) < 4.78 is 12.1. The van der Waals surface area contributed by atoms with Crippen LogP contribution in [0, 0.1) is 12.8 Å². The van der Waals surface area contributed by atoms with Gasteiger partial charge in [0.05, 0.1) is 17.8 Å². The summed E-state index contributed by atoms with van der Waals surface area (Å²) in [6.07, 6.45) is 2.81. The smallest absolute Gasteiger partial charge is 0.408 e. The third kappa shape index (κ3) is 8.05. The number of hydrogen-bond donors (Lipinski definition) is 3. The largest absolute Gasteiger partial charge is 0.488 e. The second-order valence-corrected chi connectivity index (χ2v) is 14.7. The molecule has 3 aromatic rings. The first-order valence-corrected chi connectivity index (χ1v) is 17.4. The van der Waals surface area contributed by atoms with Crippen molar-refractivity contribution in [3.63, 3.8) is 0 Å². The lowest BCUT2D eigenvalue weighted by Crippen LogP contribution is -2.56. The SMILES string of the molecule is Cc1ccc2c(OC3C[C@H]4C(=O)N[C@]5(C(=O)O)C[C@@H]5/C=C\CCC(=O)CC[C@H](NC(=O)OC(C)(C)C)C(=O)N4C3)cc(-c3ccccc3)nc2c1. The van der Waals surface area contributed by atoms with Crippen LogP contribution in [0.25, 0.3) is 22.2 Å². The molecule has 1 aliphatic carbocycles. The van der Waals surface area contributed by atoms with E-state index in [4.69, 9.17) is 14.5 Å². The first kappa shape index (κ1) is 35.6. The molecule has 5 atom stereocenters. The number of aryl methyl sites for hydroxylation is 1. The molecule has 12 heteroatoms. The van der Waals surface area contributed by atoms with Crippen molar-refractivity contribution >= 4 is 40.6 Å². The van der Waals surface area contributed by atoms with Crippen LogP contribution >= 0.6 is 0 Å². The molecule has 1 aromatic heterocycles. The molecule has 0 bridgehead atoms. The van der Waals surface area contributed by atoms with Gasteiger partial charge in [-0.25, -0.2) is 14.6 Å². The van der Waals surface area contributed by atoms with E-state index in [0.29, 0.717) is 17.9 Å². The number of fused-ring (bicyclic) bond motifs is 3. The van der Waals surface area contributed by atoms with E-state index in [1.54, 1.807) is 32.9 Å². The zero-order valence-corrected chi connectivity index (χ0v) is 29.3. The molecule has 0 radical (unpaired) electrons. The van der Waals surface area contributed by atoms with Crippen LogP contribution in [0.2, 0.25) is 0 Å². The maximum absolute atomic E-state index is 14.4. The molecule has 268 valence electrons. The molecule has 6 rings (SSSR count). The third-order valence-corrected chi connectivity index (χ3v) is 9.54. The minimum Gasteiger partial charge on any atom is -0.488 e. The van der Waals surface area contributed by atoms with E-state index in [2.05, 4.69) is 10.6 Å². The monoisotopic (exact) mass is 696 g/mol. The van der Waals surface area contributed by atoms with E-state index < -0.39 is 59.1 Å². The number of carboxylic acid groups (broad SMARTS) is 1. The van der Waals surface area contributed by atoms with Crippen LogP contribution in [0.4, 0.5) is 4.79 Å². The number of hydrogen-bond acceptors (Lipinski definition) is 8. The summed E-state index contributed by atoms with van der Waals surface area (Å²) in [5.74, 6) is -2.45. The van der Waals surface area contributed by atoms with Gasteiger partial charge in [-0.1, -0.05) is 48.6 Å². The number of nitrogens with one attached hydrogen (secondary N) is 2. The Labute approximate surface area is 296 Å². The van der Waals surface area contributed by atoms with E-state index >= 15 is 0 Å². The lowest BCUT2D eigenvalue weighted by molar-refractivity contribution is -0.145. The summed E-state index contributed by atoms with van der Waals surface area (Å²) in [7, 11) is 0. The highest BCUT2D eigenvalue weighted by Crippen LogP contribution is 2.45. The Morgan fingerprint density at radius 3 is 2.55 bits per heavy atom. The first-order valence-electron chi connectivity index (χ1n) is 17.4. The molecule has 3 heterocycles. The van der Waals surface area contributed by atoms with Gasteiger partial charge >= 0.3 is 12.1 Å². The van der Waals surface area contributed by atoms with Gasteiger partial charge in [-0.2, -0.15) is 0 Å². The molecule has 51 heavy (non-hydrogen) atoms. The van der Waals surface area contributed by atoms with Crippen molar-refractivity contribution in [3.05, 3.63) is 72.3 Å². The number of benzene rings is 2. The average molecular weight is 697 g/mol. The Balaban J connectivity index is 1.35. The summed E-state index contributed by atoms with van der Waals surface area (Å²) in [5.41, 5.74) is 0.937. The van der Waals surface area contributed by atoms with Gasteiger partial charge in [-0.15, -0.1) is 0 Å². The summed E-state index contributed by atoms with van der Waals surface area (Å²) in [6.45, 7) is 7.03. The van der Waals surface area contributed by atoms with Crippen LogP contribution in [0.1, 0.15) is 64.9 Å². The highest BCUT2D eigenvalue weighted by atomic mass is 16.6. The topological polar surface area (TPSA) is 164 Å². The van der Waals surface area contributed by atoms with E-state index in [9.17, 15) is 29.1 Å². The number of amides is 3. The van der Waals surface area contributed by atoms with Gasteiger partial charge in [-0.3, -0.25) is 14.4 Å². The fraction of sp³-hybridized carbons (Fsp3) is 0.436. The number of carbonyl (C=O) groups is 5. The molecule has 1 saturated heterocycles. The quantitative estimate of drug-likeness (QED) is 0.308. The number of rotatable bonds is 5. The molecule has 12 nitrogen and oxygen atoms in total. The van der Waals surface area contributed by atoms with Gasteiger partial charge in [0.2, 0.25) is 11.8 Å². The lowest BCUT2D eigenvalue weighted by Gasteiger charge is -2.30. The molecule has 3 N–H and O–H groups in total. The molecule has 2 aromatic carbocycles. The fourth-order valence-corrected chi connectivity index (χ4v) is 6.82. The summed E-state index contributed by atoms with van der Waals surface area (Å²) in [4.78, 5) is 72.9. The summed E-state index contributed by atoms with van der Waals surface area (Å²) >= 11 is 0. The zero-order chi connectivity index (χ0) is 36.5. The normalized spacial score (nSPS) is 26.2. The molecule has 2 fully saturated rings. The second-order valence-electron chi connectivity index (χ2n) is 14.7. The molecule has 1 saturated carbocycles. The number of alkyl carbamates (subject to hydrolysis) is 1. The van der Waals surface area contributed by atoms with E-state index in [1.165, 1.54) is 4.90 Å². The number of Topliss-reactive ketones (excluding diaryl/α,β-unsaturated/α-hetero) is 1. The molecule has 2 aliphatic heterocycles. The van der Waals surface area contributed by atoms with Crippen molar-refractivity contribution < 1.29 is 38.6 Å². The lowest BCUT2D eigenvalue weighted by atomic mass is 10.0. The van der Waals surface area contributed by atoms with Gasteiger partial charge < -0.3 is 30.1 Å². The van der Waals surface area contributed by atoms with Crippen LogP contribution < -0.4 is 15.4 Å². The number of allylic oxidation sites excluding steroid dienone is 1. The second kappa shape index (κ2) is 14.2. The fourth-order valence-electron chi connectivity index (χ4n) is 6.82. The van der Waals surface area contributed by atoms with Crippen LogP contribution in [0.3, 0.4) is 0 Å². The highest BCUT2D eigenvalue weighted by molar-refractivity contribution is 5.96. The van der Waals surface area contributed by atoms with Gasteiger partial charge in [0.25, 0.3) is 0 Å². The number of carboxylic acids is 1. The van der Waals surface area contributed by atoms with Crippen LogP contribution in [-0.2, 0) is 23.9 Å². The van der Waals surface area contributed by atoms with Crippen molar-refractivity contribution in [2.45, 2.75) is 95.5 Å². The van der Waals surface area contributed by atoms with Gasteiger partial charge in [0.15, 0.2) is 0 Å². The Hall–Kier alpha value is -5.26. The van der Waals surface area contributed by atoms with Gasteiger partial charge in [0.1, 0.15) is 40.9 Å². The van der Waals surface area contributed by atoms with Crippen molar-refractivity contribution in [3.8, 4) is 17.0 Å². The Kier molecular flexibility index (Phi) is 9.88.